The van der Waals surface area contributed by atoms with Gasteiger partial charge in [0, 0.05) is 19.3 Å². The zero-order chi connectivity index (χ0) is 20.4. The Hall–Kier alpha value is -3.18. The van der Waals surface area contributed by atoms with E-state index in [1.165, 1.54) is 40.1 Å². The first-order valence-electron chi connectivity index (χ1n) is 9.91. The van der Waals surface area contributed by atoms with E-state index in [1.807, 2.05) is 0 Å². The first kappa shape index (κ1) is 19.2. The molecule has 5 heteroatoms. The van der Waals surface area contributed by atoms with E-state index in [1.54, 1.807) is 6.20 Å². The first-order valence-corrected chi connectivity index (χ1v) is 9.91. The van der Waals surface area contributed by atoms with Gasteiger partial charge in [0.1, 0.15) is 0 Å². The van der Waals surface area contributed by atoms with E-state index in [0.29, 0.717) is 12.2 Å². The van der Waals surface area contributed by atoms with Crippen molar-refractivity contribution < 1.29 is 9.90 Å². The summed E-state index contributed by atoms with van der Waals surface area (Å²) in [6, 6.07) is 17.0. The predicted octanol–water partition coefficient (Wildman–Crippen LogP) is 4.61. The lowest BCUT2D eigenvalue weighted by atomic mass is 9.94. The highest BCUT2D eigenvalue weighted by atomic mass is 16.4. The molecule has 1 aliphatic heterocycles. The van der Waals surface area contributed by atoms with E-state index in [9.17, 15) is 9.90 Å². The Kier molecular flexibility index (Phi) is 5.32. The fourth-order valence-corrected chi connectivity index (χ4v) is 4.16. The molecule has 4 rings (SSSR count). The van der Waals surface area contributed by atoms with E-state index in [2.05, 4.69) is 71.6 Å². The number of anilines is 1. The number of nitrogens with zero attached hydrogens (tertiary/aromatic N) is 2. The van der Waals surface area contributed by atoms with Crippen LogP contribution < -0.4 is 5.32 Å². The summed E-state index contributed by atoms with van der Waals surface area (Å²) in [5.41, 5.74) is 7.32. The highest BCUT2D eigenvalue weighted by Gasteiger charge is 2.28. The number of aromatic nitrogens is 1. The van der Waals surface area contributed by atoms with Gasteiger partial charge in [0.2, 0.25) is 0 Å². The quantitative estimate of drug-likeness (QED) is 0.647. The molecule has 0 bridgehead atoms. The molecule has 0 aliphatic carbocycles. The van der Waals surface area contributed by atoms with Gasteiger partial charge in [-0.25, -0.2) is 4.79 Å². The molecule has 0 amide bonds. The van der Waals surface area contributed by atoms with Crippen LogP contribution in [0.15, 0.2) is 60.9 Å². The molecule has 1 aliphatic rings. The van der Waals surface area contributed by atoms with Gasteiger partial charge in [-0.05, 0) is 53.4 Å². The number of nitrogens with one attached hydrogen (secondary N) is 1. The molecule has 3 aromatic rings. The Balaban J connectivity index is 1.58. The number of hydrogen-bond acceptors (Lipinski definition) is 4. The third kappa shape index (κ3) is 3.74. The molecule has 1 aromatic heterocycles. The summed E-state index contributed by atoms with van der Waals surface area (Å²) >= 11 is 0. The fourth-order valence-electron chi connectivity index (χ4n) is 4.16. The van der Waals surface area contributed by atoms with Crippen molar-refractivity contribution in [3.63, 3.8) is 0 Å². The van der Waals surface area contributed by atoms with Gasteiger partial charge in [-0.2, -0.15) is 0 Å². The van der Waals surface area contributed by atoms with Gasteiger partial charge in [-0.15, -0.1) is 0 Å². The van der Waals surface area contributed by atoms with Crippen LogP contribution in [0.25, 0.3) is 11.1 Å². The Morgan fingerprint density at radius 3 is 2.86 bits per heavy atom. The Morgan fingerprint density at radius 1 is 1.24 bits per heavy atom. The van der Waals surface area contributed by atoms with Crippen LogP contribution in [0.2, 0.25) is 0 Å². The van der Waals surface area contributed by atoms with Crippen molar-refractivity contribution in [1.82, 2.24) is 9.88 Å². The van der Waals surface area contributed by atoms with Crippen molar-refractivity contribution >= 4 is 11.7 Å². The molecular formula is C24H25N3O2. The number of aromatic carboxylic acids is 1. The molecule has 0 radical (unpaired) electrons. The SMILES string of the molecule is CCc1ccccc1-c1ccc2c(c1)CN(C)C2CNc1cnccc1C(=O)O. The highest BCUT2D eigenvalue weighted by molar-refractivity contribution is 5.93. The number of pyridine rings is 1. The smallest absolute Gasteiger partial charge is 0.337 e. The minimum atomic E-state index is -0.950. The van der Waals surface area contributed by atoms with Crippen LogP contribution in [-0.4, -0.2) is 34.6 Å². The summed E-state index contributed by atoms with van der Waals surface area (Å²) in [6.45, 7) is 3.69. The van der Waals surface area contributed by atoms with Gasteiger partial charge in [0.15, 0.2) is 0 Å². The van der Waals surface area contributed by atoms with E-state index in [4.69, 9.17) is 0 Å². The maximum absolute atomic E-state index is 11.4. The summed E-state index contributed by atoms with van der Waals surface area (Å²) in [4.78, 5) is 17.8. The van der Waals surface area contributed by atoms with Crippen LogP contribution >= 0.6 is 0 Å². The number of rotatable bonds is 6. The van der Waals surface area contributed by atoms with Gasteiger partial charge >= 0.3 is 5.97 Å². The topological polar surface area (TPSA) is 65.5 Å². The van der Waals surface area contributed by atoms with Gasteiger partial charge < -0.3 is 10.4 Å². The second-order valence-corrected chi connectivity index (χ2v) is 7.46. The van der Waals surface area contributed by atoms with E-state index >= 15 is 0 Å². The van der Waals surface area contributed by atoms with Gasteiger partial charge in [0.25, 0.3) is 0 Å². The lowest BCUT2D eigenvalue weighted by molar-refractivity contribution is 0.0697. The van der Waals surface area contributed by atoms with Crippen LogP contribution in [0.3, 0.4) is 0 Å². The van der Waals surface area contributed by atoms with Crippen molar-refractivity contribution in [2.45, 2.75) is 25.9 Å². The normalized spacial score (nSPS) is 15.9. The number of carbonyl (C=O) groups is 1. The molecule has 0 saturated heterocycles. The van der Waals surface area contributed by atoms with Crippen LogP contribution in [0.4, 0.5) is 5.69 Å². The highest BCUT2D eigenvalue weighted by Crippen LogP contribution is 2.36. The molecule has 29 heavy (non-hydrogen) atoms. The largest absolute Gasteiger partial charge is 0.478 e. The summed E-state index contributed by atoms with van der Waals surface area (Å²) in [7, 11) is 2.10. The summed E-state index contributed by atoms with van der Waals surface area (Å²) < 4.78 is 0. The molecule has 1 unspecified atom stereocenters. The van der Waals surface area contributed by atoms with Crippen molar-refractivity contribution in [2.75, 3.05) is 18.9 Å². The number of fused-ring (bicyclic) bond motifs is 1. The minimum absolute atomic E-state index is 0.183. The zero-order valence-electron chi connectivity index (χ0n) is 16.7. The summed E-state index contributed by atoms with van der Waals surface area (Å²) in [5.74, 6) is -0.950. The molecule has 0 spiro atoms. The lowest BCUT2D eigenvalue weighted by Gasteiger charge is -2.22. The van der Waals surface area contributed by atoms with Crippen molar-refractivity contribution in [2.24, 2.45) is 0 Å². The van der Waals surface area contributed by atoms with Gasteiger partial charge in [0.05, 0.1) is 23.5 Å². The van der Waals surface area contributed by atoms with E-state index in [0.717, 1.165) is 13.0 Å². The Morgan fingerprint density at radius 2 is 2.07 bits per heavy atom. The van der Waals surface area contributed by atoms with Crippen molar-refractivity contribution in [1.29, 1.82) is 0 Å². The third-order valence-corrected chi connectivity index (χ3v) is 5.70. The van der Waals surface area contributed by atoms with Gasteiger partial charge in [-0.1, -0.05) is 43.3 Å². The van der Waals surface area contributed by atoms with Gasteiger partial charge in [-0.3, -0.25) is 9.88 Å². The molecule has 0 fully saturated rings. The maximum atomic E-state index is 11.4. The molecule has 2 aromatic carbocycles. The van der Waals surface area contributed by atoms with Crippen molar-refractivity contribution in [3.05, 3.63) is 83.2 Å². The zero-order valence-corrected chi connectivity index (χ0v) is 16.7. The van der Waals surface area contributed by atoms with Crippen molar-refractivity contribution in [3.8, 4) is 11.1 Å². The number of likely N-dealkylation sites (N-methyl/N-ethyl adjacent to an activating group) is 1. The summed E-state index contributed by atoms with van der Waals surface area (Å²) in [6.07, 6.45) is 4.09. The number of carboxylic acids is 1. The molecule has 148 valence electrons. The molecule has 0 saturated carbocycles. The molecule has 2 heterocycles. The van der Waals surface area contributed by atoms with Crippen LogP contribution in [-0.2, 0) is 13.0 Å². The monoisotopic (exact) mass is 387 g/mol. The number of carboxylic acid groups (broad SMARTS) is 1. The molecule has 5 nitrogen and oxygen atoms in total. The average molecular weight is 387 g/mol. The van der Waals surface area contributed by atoms with Crippen LogP contribution in [0, 0.1) is 0 Å². The Labute approximate surface area is 171 Å². The minimum Gasteiger partial charge on any atom is -0.478 e. The van der Waals surface area contributed by atoms with E-state index < -0.39 is 5.97 Å². The third-order valence-electron chi connectivity index (χ3n) is 5.70. The average Bonchev–Trinajstić information content (AvgIpc) is 3.06. The second kappa shape index (κ2) is 8.05. The first-order chi connectivity index (χ1) is 14.1. The lowest BCUT2D eigenvalue weighted by Crippen LogP contribution is -2.24. The number of benzene rings is 2. The number of aryl methyl sites for hydroxylation is 1. The Bertz CT molecular complexity index is 1050. The fraction of sp³-hybridized carbons (Fsp3) is 0.250. The van der Waals surface area contributed by atoms with E-state index in [-0.39, 0.29) is 11.6 Å². The van der Waals surface area contributed by atoms with Crippen LogP contribution in [0.1, 0.15) is 40.0 Å². The predicted molar refractivity (Wildman–Crippen MR) is 115 cm³/mol. The standard InChI is InChI=1S/C24H25N3O2/c1-3-16-6-4-5-7-19(16)17-8-9-20-18(12-17)15-27(2)23(20)14-26-22-13-25-11-10-21(22)24(28)29/h4-13,23,26H,3,14-15H2,1-2H3,(H,28,29). The summed E-state index contributed by atoms with van der Waals surface area (Å²) in [5, 5.41) is 12.7. The molecule has 1 atom stereocenters. The second-order valence-electron chi connectivity index (χ2n) is 7.46. The molecule has 2 N–H and O–H groups in total. The van der Waals surface area contributed by atoms with Crippen LogP contribution in [0.5, 0.6) is 0 Å². The molecular weight excluding hydrogens is 362 g/mol. The maximum Gasteiger partial charge on any atom is 0.337 e. The number of hydrogen-bond donors (Lipinski definition) is 2.